The Morgan fingerprint density at radius 2 is 2.07 bits per heavy atom. The van der Waals surface area contributed by atoms with Crippen LogP contribution >= 0.6 is 0 Å². The molecule has 0 saturated carbocycles. The molecular weight excluding hydrogens is 364 g/mol. The van der Waals surface area contributed by atoms with Crippen molar-refractivity contribution in [1.82, 2.24) is 5.32 Å². The molecule has 0 fully saturated rings. The van der Waals surface area contributed by atoms with Gasteiger partial charge in [0.05, 0.1) is 22.6 Å². The predicted octanol–water partition coefficient (Wildman–Crippen LogP) is 2.15. The summed E-state index contributed by atoms with van der Waals surface area (Å²) in [5, 5.41) is 23.7. The van der Waals surface area contributed by atoms with E-state index in [0.717, 1.165) is 11.6 Å². The first kappa shape index (κ1) is 17.5. The second kappa shape index (κ2) is 6.66. The van der Waals surface area contributed by atoms with Gasteiger partial charge in [0.15, 0.2) is 6.10 Å². The van der Waals surface area contributed by atoms with Crippen molar-refractivity contribution < 1.29 is 24.4 Å². The van der Waals surface area contributed by atoms with Crippen LogP contribution < -0.4 is 10.1 Å². The summed E-state index contributed by atoms with van der Waals surface area (Å²) in [6.45, 7) is 0. The molecule has 2 unspecified atom stereocenters. The second-order valence-electron chi connectivity index (χ2n) is 6.36. The number of aromatic carboxylic acids is 1. The lowest BCUT2D eigenvalue weighted by molar-refractivity contribution is -0.421. The number of carbonyl (C=O) groups excluding carboxylic acids is 1. The highest BCUT2D eigenvalue weighted by molar-refractivity contribution is 5.99. The highest BCUT2D eigenvalue weighted by atomic mass is 16.6. The smallest absolute Gasteiger partial charge is 0.335 e. The Morgan fingerprint density at radius 1 is 1.25 bits per heavy atom. The molecule has 1 heterocycles. The molecule has 4 rings (SSSR count). The zero-order chi connectivity index (χ0) is 19.8. The van der Waals surface area contributed by atoms with E-state index in [1.165, 1.54) is 24.3 Å². The van der Waals surface area contributed by atoms with Crippen LogP contribution in [0.1, 0.15) is 10.4 Å². The first-order valence-corrected chi connectivity index (χ1v) is 8.41. The molecule has 8 heteroatoms. The molecular formula is C20H14N2O6. The van der Waals surface area contributed by atoms with Crippen LogP contribution in [-0.2, 0) is 4.79 Å². The SMILES string of the molecule is O=C(O)c1cccc(OC2C(=O)C=C([N+](=O)[O-])C3=C2C=C2C=CC=CC2N3)c1. The summed E-state index contributed by atoms with van der Waals surface area (Å²) >= 11 is 0. The molecule has 1 aliphatic heterocycles. The van der Waals surface area contributed by atoms with Crippen molar-refractivity contribution >= 4 is 11.8 Å². The van der Waals surface area contributed by atoms with Crippen molar-refractivity contribution in [2.75, 3.05) is 0 Å². The van der Waals surface area contributed by atoms with Crippen molar-refractivity contribution in [3.8, 4) is 5.75 Å². The molecule has 2 atom stereocenters. The molecule has 2 aliphatic carbocycles. The van der Waals surface area contributed by atoms with Crippen molar-refractivity contribution in [2.45, 2.75) is 12.1 Å². The van der Waals surface area contributed by atoms with Crippen LogP contribution in [0.4, 0.5) is 0 Å². The number of nitrogens with zero attached hydrogens (tertiary/aromatic N) is 1. The third-order valence-electron chi connectivity index (χ3n) is 4.58. The van der Waals surface area contributed by atoms with E-state index in [-0.39, 0.29) is 28.7 Å². The lowest BCUT2D eigenvalue weighted by atomic mass is 9.87. The average Bonchev–Trinajstić information content (AvgIpc) is 2.68. The Labute approximate surface area is 159 Å². The van der Waals surface area contributed by atoms with E-state index in [1.807, 2.05) is 24.3 Å². The highest BCUT2D eigenvalue weighted by Gasteiger charge is 2.40. The van der Waals surface area contributed by atoms with Crippen LogP contribution in [0.2, 0.25) is 0 Å². The monoisotopic (exact) mass is 378 g/mol. The van der Waals surface area contributed by atoms with Crippen molar-refractivity contribution in [1.29, 1.82) is 0 Å². The lowest BCUT2D eigenvalue weighted by Crippen LogP contribution is -2.42. The van der Waals surface area contributed by atoms with Gasteiger partial charge in [-0.25, -0.2) is 4.79 Å². The third kappa shape index (κ3) is 3.01. The quantitative estimate of drug-likeness (QED) is 0.609. The summed E-state index contributed by atoms with van der Waals surface area (Å²) in [7, 11) is 0. The van der Waals surface area contributed by atoms with Crippen molar-refractivity contribution in [2.24, 2.45) is 0 Å². The number of hydrogen-bond acceptors (Lipinski definition) is 6. The van der Waals surface area contributed by atoms with Gasteiger partial charge in [0.1, 0.15) is 11.4 Å². The second-order valence-corrected chi connectivity index (χ2v) is 6.36. The van der Waals surface area contributed by atoms with E-state index in [4.69, 9.17) is 9.84 Å². The Kier molecular flexibility index (Phi) is 4.15. The fraction of sp³-hybridized carbons (Fsp3) is 0.100. The van der Waals surface area contributed by atoms with E-state index < -0.39 is 22.8 Å². The third-order valence-corrected chi connectivity index (χ3v) is 4.58. The van der Waals surface area contributed by atoms with Crippen LogP contribution in [0.15, 0.2) is 83.3 Å². The molecule has 0 bridgehead atoms. The fourth-order valence-corrected chi connectivity index (χ4v) is 3.29. The van der Waals surface area contributed by atoms with Crippen molar-refractivity contribution in [3.05, 3.63) is 98.9 Å². The van der Waals surface area contributed by atoms with Crippen molar-refractivity contribution in [3.63, 3.8) is 0 Å². The summed E-state index contributed by atoms with van der Waals surface area (Å²) in [5.74, 6) is -1.53. The summed E-state index contributed by atoms with van der Waals surface area (Å²) in [5.41, 5.74) is 1.09. The van der Waals surface area contributed by atoms with Gasteiger partial charge in [-0.05, 0) is 29.8 Å². The van der Waals surface area contributed by atoms with E-state index in [0.29, 0.717) is 5.57 Å². The number of carbonyl (C=O) groups is 2. The molecule has 0 amide bonds. The molecule has 3 aliphatic rings. The largest absolute Gasteiger partial charge is 0.478 e. The number of dihydropyridines is 1. The van der Waals surface area contributed by atoms with E-state index in [1.54, 1.807) is 6.08 Å². The van der Waals surface area contributed by atoms with Gasteiger partial charge in [-0.1, -0.05) is 30.4 Å². The minimum atomic E-state index is -1.13. The average molecular weight is 378 g/mol. The Morgan fingerprint density at radius 3 is 2.82 bits per heavy atom. The molecule has 28 heavy (non-hydrogen) atoms. The van der Waals surface area contributed by atoms with Gasteiger partial charge in [0, 0.05) is 5.57 Å². The molecule has 2 N–H and O–H groups in total. The van der Waals surface area contributed by atoms with Gasteiger partial charge in [-0.3, -0.25) is 14.9 Å². The standard InChI is InChI=1S/C20H14N2O6/c23-17-10-16(22(26)27)18-14(9-11-4-1-2-7-15(11)21-18)19(17)28-13-6-3-5-12(8-13)20(24)25/h1-10,15,19,21H,(H,24,25). The first-order chi connectivity index (χ1) is 13.4. The Hall–Kier alpha value is -3.94. The number of ether oxygens (including phenoxy) is 1. The normalized spacial score (nSPS) is 22.5. The van der Waals surface area contributed by atoms with E-state index in [9.17, 15) is 19.7 Å². The van der Waals surface area contributed by atoms with E-state index >= 15 is 0 Å². The van der Waals surface area contributed by atoms with Crippen LogP contribution in [0, 0.1) is 10.1 Å². The maximum Gasteiger partial charge on any atom is 0.335 e. The van der Waals surface area contributed by atoms with Gasteiger partial charge in [-0.2, -0.15) is 0 Å². The van der Waals surface area contributed by atoms with Gasteiger partial charge < -0.3 is 15.2 Å². The number of nitrogens with one attached hydrogen (secondary N) is 1. The number of hydrogen-bond donors (Lipinski definition) is 2. The van der Waals surface area contributed by atoms with Gasteiger partial charge in [-0.15, -0.1) is 0 Å². The summed E-state index contributed by atoms with van der Waals surface area (Å²) < 4.78 is 5.77. The molecule has 8 nitrogen and oxygen atoms in total. The Bertz CT molecular complexity index is 1060. The molecule has 1 aromatic carbocycles. The minimum absolute atomic E-state index is 0.0111. The van der Waals surface area contributed by atoms with Gasteiger partial charge >= 0.3 is 5.97 Å². The number of rotatable bonds is 4. The molecule has 0 aromatic heterocycles. The number of benzene rings is 1. The Balaban J connectivity index is 1.76. The summed E-state index contributed by atoms with van der Waals surface area (Å²) in [6.07, 6.45) is 8.89. The molecule has 0 radical (unpaired) electrons. The molecule has 1 aromatic rings. The summed E-state index contributed by atoms with van der Waals surface area (Å²) in [4.78, 5) is 34.6. The number of carboxylic acids is 1. The van der Waals surface area contributed by atoms with Gasteiger partial charge in [0.25, 0.3) is 5.70 Å². The van der Waals surface area contributed by atoms with Crippen LogP contribution in [0.3, 0.4) is 0 Å². The maximum absolute atomic E-state index is 12.6. The van der Waals surface area contributed by atoms with E-state index in [2.05, 4.69) is 5.32 Å². The number of fused-ring (bicyclic) bond motifs is 1. The molecule has 140 valence electrons. The zero-order valence-electron chi connectivity index (χ0n) is 14.4. The van der Waals surface area contributed by atoms with Crippen LogP contribution in [0.5, 0.6) is 5.75 Å². The highest BCUT2D eigenvalue weighted by Crippen LogP contribution is 2.33. The van der Waals surface area contributed by atoms with Crippen LogP contribution in [0.25, 0.3) is 0 Å². The number of nitro groups is 1. The molecule has 0 saturated heterocycles. The minimum Gasteiger partial charge on any atom is -0.478 e. The topological polar surface area (TPSA) is 119 Å². The first-order valence-electron chi connectivity index (χ1n) is 8.41. The zero-order valence-corrected chi connectivity index (χ0v) is 14.4. The number of allylic oxidation sites excluding steroid dienone is 2. The predicted molar refractivity (Wildman–Crippen MR) is 98.2 cm³/mol. The molecule has 0 spiro atoms. The number of ketones is 1. The lowest BCUT2D eigenvalue weighted by Gasteiger charge is -2.31. The van der Waals surface area contributed by atoms with Crippen LogP contribution in [-0.4, -0.2) is 33.9 Å². The summed E-state index contributed by atoms with van der Waals surface area (Å²) in [6, 6.07) is 5.50. The fourth-order valence-electron chi connectivity index (χ4n) is 3.29. The number of carboxylic acid groups (broad SMARTS) is 1. The maximum atomic E-state index is 12.6. The van der Waals surface area contributed by atoms with Gasteiger partial charge in [0.2, 0.25) is 5.78 Å².